The molecule has 1 saturated heterocycles. The Morgan fingerprint density at radius 1 is 1.00 bits per heavy atom. The predicted octanol–water partition coefficient (Wildman–Crippen LogP) is 3.15. The fourth-order valence-electron chi connectivity index (χ4n) is 4.97. The quantitative estimate of drug-likeness (QED) is 0.638. The summed E-state index contributed by atoms with van der Waals surface area (Å²) in [6, 6.07) is 0.969. The zero-order valence-electron chi connectivity index (χ0n) is 10.3. The number of rotatable bonds is 1. The van der Waals surface area contributed by atoms with Crippen molar-refractivity contribution in [2.24, 2.45) is 23.7 Å². The van der Waals surface area contributed by atoms with E-state index in [0.717, 1.165) is 29.7 Å². The summed E-state index contributed by atoms with van der Waals surface area (Å²) in [6.07, 6.45) is 9.07. The normalized spacial score (nSPS) is 50.4. The monoisotopic (exact) mass is 207 g/mol. The molecule has 5 atom stereocenters. The van der Waals surface area contributed by atoms with Crippen LogP contribution in [0.4, 0.5) is 0 Å². The molecule has 86 valence electrons. The fourth-order valence-corrected chi connectivity index (χ4v) is 4.97. The van der Waals surface area contributed by atoms with E-state index < -0.39 is 0 Å². The molecular weight excluding hydrogens is 182 g/mol. The average molecular weight is 207 g/mol. The lowest BCUT2D eigenvalue weighted by Crippen LogP contribution is -2.44. The van der Waals surface area contributed by atoms with Gasteiger partial charge in [-0.1, -0.05) is 13.3 Å². The van der Waals surface area contributed by atoms with Crippen molar-refractivity contribution in [1.29, 1.82) is 0 Å². The Bertz CT molecular complexity index is 231. The lowest BCUT2D eigenvalue weighted by Gasteiger charge is -2.41. The Morgan fingerprint density at radius 3 is 2.53 bits per heavy atom. The van der Waals surface area contributed by atoms with Crippen LogP contribution in [-0.4, -0.2) is 24.5 Å². The molecule has 0 aromatic rings. The van der Waals surface area contributed by atoms with E-state index in [1.54, 1.807) is 12.8 Å². The summed E-state index contributed by atoms with van der Waals surface area (Å²) >= 11 is 0. The van der Waals surface area contributed by atoms with Gasteiger partial charge in [-0.25, -0.2) is 0 Å². The summed E-state index contributed by atoms with van der Waals surface area (Å²) in [5.41, 5.74) is 0. The summed E-state index contributed by atoms with van der Waals surface area (Å²) in [5.74, 6) is 4.28. The van der Waals surface area contributed by atoms with Crippen molar-refractivity contribution in [3.63, 3.8) is 0 Å². The first-order chi connectivity index (χ1) is 7.31. The Hall–Kier alpha value is -0.0400. The van der Waals surface area contributed by atoms with Gasteiger partial charge in [0.2, 0.25) is 0 Å². The first kappa shape index (κ1) is 10.1. The SMILES string of the molecule is CCC1CCC2CCC3CCN(C)C3C12. The highest BCUT2D eigenvalue weighted by atomic mass is 15.2. The zero-order valence-corrected chi connectivity index (χ0v) is 10.3. The van der Waals surface area contributed by atoms with Gasteiger partial charge in [0, 0.05) is 6.04 Å². The third-order valence-corrected chi connectivity index (χ3v) is 5.67. The van der Waals surface area contributed by atoms with Gasteiger partial charge in [0.15, 0.2) is 0 Å². The molecule has 0 radical (unpaired) electrons. The van der Waals surface area contributed by atoms with Gasteiger partial charge < -0.3 is 4.90 Å². The molecule has 3 fully saturated rings. The molecule has 2 saturated carbocycles. The molecule has 3 rings (SSSR count). The van der Waals surface area contributed by atoms with E-state index in [0.29, 0.717) is 0 Å². The molecule has 2 aliphatic carbocycles. The smallest absolute Gasteiger partial charge is 0.0154 e. The predicted molar refractivity (Wildman–Crippen MR) is 63.8 cm³/mol. The number of nitrogens with zero attached hydrogens (tertiary/aromatic N) is 1. The minimum atomic E-state index is 0.969. The topological polar surface area (TPSA) is 3.24 Å². The summed E-state index contributed by atoms with van der Waals surface area (Å²) in [6.45, 7) is 3.78. The molecule has 0 aromatic carbocycles. The standard InChI is InChI=1S/C14H25N/c1-3-10-4-5-11-6-7-12-8-9-15(2)14(12)13(10)11/h10-14H,3-9H2,1-2H3. The van der Waals surface area contributed by atoms with Gasteiger partial charge in [-0.3, -0.25) is 0 Å². The van der Waals surface area contributed by atoms with Crippen LogP contribution in [0, 0.1) is 23.7 Å². The molecule has 0 aromatic heterocycles. The molecule has 1 heteroatoms. The molecule has 5 unspecified atom stereocenters. The van der Waals surface area contributed by atoms with Crippen LogP contribution in [0.15, 0.2) is 0 Å². The Balaban J connectivity index is 1.84. The molecule has 1 nitrogen and oxygen atoms in total. The molecule has 0 N–H and O–H groups in total. The van der Waals surface area contributed by atoms with E-state index in [4.69, 9.17) is 0 Å². The van der Waals surface area contributed by atoms with E-state index in [-0.39, 0.29) is 0 Å². The van der Waals surface area contributed by atoms with Crippen molar-refractivity contribution in [3.8, 4) is 0 Å². The fraction of sp³-hybridized carbons (Fsp3) is 1.00. The summed E-state index contributed by atoms with van der Waals surface area (Å²) < 4.78 is 0. The highest BCUT2D eigenvalue weighted by Crippen LogP contribution is 2.52. The van der Waals surface area contributed by atoms with Gasteiger partial charge >= 0.3 is 0 Å². The number of hydrogen-bond acceptors (Lipinski definition) is 1. The molecule has 1 heterocycles. The largest absolute Gasteiger partial charge is 0.303 e. The van der Waals surface area contributed by atoms with Crippen LogP contribution in [0.3, 0.4) is 0 Å². The Labute approximate surface area is 94.2 Å². The minimum absolute atomic E-state index is 0.969. The number of hydrogen-bond donors (Lipinski definition) is 0. The number of likely N-dealkylation sites (tertiary alicyclic amines) is 1. The lowest BCUT2D eigenvalue weighted by molar-refractivity contribution is 0.0790. The second-order valence-corrected chi connectivity index (χ2v) is 6.18. The lowest BCUT2D eigenvalue weighted by atomic mass is 9.69. The van der Waals surface area contributed by atoms with Crippen molar-refractivity contribution in [2.45, 2.75) is 51.5 Å². The van der Waals surface area contributed by atoms with Crippen molar-refractivity contribution in [2.75, 3.05) is 13.6 Å². The zero-order chi connectivity index (χ0) is 10.4. The third kappa shape index (κ3) is 1.46. The van der Waals surface area contributed by atoms with Crippen LogP contribution in [0.1, 0.15) is 45.4 Å². The molecule has 0 spiro atoms. The van der Waals surface area contributed by atoms with Crippen LogP contribution in [0.5, 0.6) is 0 Å². The van der Waals surface area contributed by atoms with Gasteiger partial charge in [-0.05, 0) is 69.4 Å². The van der Waals surface area contributed by atoms with Crippen LogP contribution in [0.25, 0.3) is 0 Å². The van der Waals surface area contributed by atoms with Crippen molar-refractivity contribution in [3.05, 3.63) is 0 Å². The van der Waals surface area contributed by atoms with E-state index in [2.05, 4.69) is 18.9 Å². The maximum atomic E-state index is 2.69. The second kappa shape index (κ2) is 3.76. The van der Waals surface area contributed by atoms with Crippen LogP contribution < -0.4 is 0 Å². The van der Waals surface area contributed by atoms with Gasteiger partial charge in [0.25, 0.3) is 0 Å². The summed E-state index contributed by atoms with van der Waals surface area (Å²) in [4.78, 5) is 2.69. The molecule has 1 aliphatic heterocycles. The van der Waals surface area contributed by atoms with E-state index in [1.165, 1.54) is 32.2 Å². The third-order valence-electron chi connectivity index (χ3n) is 5.67. The molecule has 0 bridgehead atoms. The first-order valence-electron chi connectivity index (χ1n) is 7.01. The molecule has 3 aliphatic rings. The Morgan fingerprint density at radius 2 is 1.73 bits per heavy atom. The maximum Gasteiger partial charge on any atom is 0.0154 e. The molecular formula is C14H25N. The van der Waals surface area contributed by atoms with Gasteiger partial charge in [0.05, 0.1) is 0 Å². The van der Waals surface area contributed by atoms with Gasteiger partial charge in [-0.15, -0.1) is 0 Å². The van der Waals surface area contributed by atoms with Gasteiger partial charge in [0.1, 0.15) is 0 Å². The van der Waals surface area contributed by atoms with E-state index in [1.807, 2.05) is 0 Å². The van der Waals surface area contributed by atoms with E-state index in [9.17, 15) is 0 Å². The number of fused-ring (bicyclic) bond motifs is 3. The van der Waals surface area contributed by atoms with Crippen molar-refractivity contribution < 1.29 is 0 Å². The van der Waals surface area contributed by atoms with E-state index >= 15 is 0 Å². The van der Waals surface area contributed by atoms with Crippen LogP contribution >= 0.6 is 0 Å². The first-order valence-corrected chi connectivity index (χ1v) is 7.01. The Kier molecular flexibility index (Phi) is 2.54. The summed E-state index contributed by atoms with van der Waals surface area (Å²) in [7, 11) is 2.37. The second-order valence-electron chi connectivity index (χ2n) is 6.18. The summed E-state index contributed by atoms with van der Waals surface area (Å²) in [5, 5.41) is 0. The average Bonchev–Trinajstić information content (AvgIpc) is 2.81. The highest BCUT2D eigenvalue weighted by molar-refractivity contribution is 5.01. The van der Waals surface area contributed by atoms with Crippen molar-refractivity contribution in [1.82, 2.24) is 4.90 Å². The molecule has 15 heavy (non-hydrogen) atoms. The minimum Gasteiger partial charge on any atom is -0.303 e. The maximum absolute atomic E-state index is 2.69. The van der Waals surface area contributed by atoms with Crippen LogP contribution in [-0.2, 0) is 0 Å². The van der Waals surface area contributed by atoms with Gasteiger partial charge in [-0.2, -0.15) is 0 Å². The van der Waals surface area contributed by atoms with Crippen LogP contribution in [0.2, 0.25) is 0 Å². The highest BCUT2D eigenvalue weighted by Gasteiger charge is 2.49. The molecule has 0 amide bonds. The van der Waals surface area contributed by atoms with Crippen molar-refractivity contribution >= 4 is 0 Å².